The molecular formula is C19H22N2O3S. The Morgan fingerprint density at radius 1 is 1.12 bits per heavy atom. The topological polar surface area (TPSA) is 51.8 Å². The molecule has 0 bridgehead atoms. The molecule has 1 aliphatic rings. The fourth-order valence-corrected chi connectivity index (χ4v) is 2.96. The zero-order valence-electron chi connectivity index (χ0n) is 14.4. The summed E-state index contributed by atoms with van der Waals surface area (Å²) in [5.74, 6) is 2.34. The van der Waals surface area contributed by atoms with Gasteiger partial charge in [-0.15, -0.1) is 0 Å². The van der Waals surface area contributed by atoms with Crippen LogP contribution in [0.25, 0.3) is 0 Å². The van der Waals surface area contributed by atoms with Crippen molar-refractivity contribution in [1.82, 2.24) is 5.32 Å². The smallest absolute Gasteiger partial charge is 0.171 e. The van der Waals surface area contributed by atoms with E-state index in [1.54, 1.807) is 7.11 Å². The van der Waals surface area contributed by atoms with Crippen LogP contribution in [0.4, 0.5) is 5.69 Å². The second kappa shape index (κ2) is 8.07. The van der Waals surface area contributed by atoms with Crippen molar-refractivity contribution >= 4 is 23.0 Å². The number of fused-ring (bicyclic) bond motifs is 1. The first-order chi connectivity index (χ1) is 12.2. The van der Waals surface area contributed by atoms with Crippen LogP contribution in [0.3, 0.4) is 0 Å². The molecule has 25 heavy (non-hydrogen) atoms. The Kier molecular flexibility index (Phi) is 5.60. The fourth-order valence-electron chi connectivity index (χ4n) is 2.70. The molecule has 0 fully saturated rings. The van der Waals surface area contributed by atoms with Gasteiger partial charge in [-0.25, -0.2) is 0 Å². The van der Waals surface area contributed by atoms with E-state index < -0.39 is 0 Å². The molecule has 132 valence electrons. The second-order valence-electron chi connectivity index (χ2n) is 5.69. The van der Waals surface area contributed by atoms with E-state index in [1.807, 2.05) is 42.5 Å². The first kappa shape index (κ1) is 17.4. The molecule has 0 spiro atoms. The lowest BCUT2D eigenvalue weighted by Crippen LogP contribution is -2.32. The Morgan fingerprint density at radius 3 is 2.52 bits per heavy atom. The summed E-state index contributed by atoms with van der Waals surface area (Å²) in [5, 5.41) is 7.13. The van der Waals surface area contributed by atoms with E-state index >= 15 is 0 Å². The van der Waals surface area contributed by atoms with Crippen molar-refractivity contribution in [3.8, 4) is 17.2 Å². The Labute approximate surface area is 153 Å². The number of nitrogens with one attached hydrogen (secondary N) is 2. The molecular weight excluding hydrogens is 336 g/mol. The third-order valence-corrected chi connectivity index (χ3v) is 4.25. The van der Waals surface area contributed by atoms with Gasteiger partial charge in [0.1, 0.15) is 19.0 Å². The first-order valence-electron chi connectivity index (χ1n) is 8.30. The average Bonchev–Trinajstić information content (AvgIpc) is 2.66. The van der Waals surface area contributed by atoms with Crippen LogP contribution in [-0.2, 0) is 0 Å². The van der Waals surface area contributed by atoms with E-state index in [0.29, 0.717) is 18.3 Å². The molecule has 0 amide bonds. The van der Waals surface area contributed by atoms with Crippen LogP contribution >= 0.6 is 12.2 Å². The first-order valence-corrected chi connectivity index (χ1v) is 8.71. The minimum atomic E-state index is 0.128. The molecule has 0 aliphatic carbocycles. The van der Waals surface area contributed by atoms with Crippen molar-refractivity contribution in [3.63, 3.8) is 0 Å². The summed E-state index contributed by atoms with van der Waals surface area (Å²) < 4.78 is 16.3. The number of hydrogen-bond acceptors (Lipinski definition) is 4. The molecule has 0 radical (unpaired) electrons. The fraction of sp³-hybridized carbons (Fsp3) is 0.316. The van der Waals surface area contributed by atoms with Crippen molar-refractivity contribution in [2.24, 2.45) is 0 Å². The van der Waals surface area contributed by atoms with Gasteiger partial charge in [-0.05, 0) is 48.5 Å². The quantitative estimate of drug-likeness (QED) is 0.791. The summed E-state index contributed by atoms with van der Waals surface area (Å²) in [5.41, 5.74) is 2.03. The largest absolute Gasteiger partial charge is 0.497 e. The molecule has 0 aromatic heterocycles. The van der Waals surface area contributed by atoms with Crippen molar-refractivity contribution in [2.45, 2.75) is 19.4 Å². The van der Waals surface area contributed by atoms with Gasteiger partial charge in [0.15, 0.2) is 16.6 Å². The summed E-state index contributed by atoms with van der Waals surface area (Å²) in [6, 6.07) is 13.9. The second-order valence-corrected chi connectivity index (χ2v) is 6.10. The summed E-state index contributed by atoms with van der Waals surface area (Å²) in [6.07, 6.45) is 0.912. The van der Waals surface area contributed by atoms with Crippen LogP contribution in [0.5, 0.6) is 17.2 Å². The van der Waals surface area contributed by atoms with Crippen LogP contribution in [0, 0.1) is 0 Å². The van der Waals surface area contributed by atoms with E-state index in [0.717, 1.165) is 34.9 Å². The highest BCUT2D eigenvalue weighted by Crippen LogP contribution is 2.32. The van der Waals surface area contributed by atoms with Crippen LogP contribution in [0.1, 0.15) is 24.9 Å². The molecule has 1 atom stereocenters. The molecule has 2 aromatic carbocycles. The van der Waals surface area contributed by atoms with Crippen molar-refractivity contribution in [1.29, 1.82) is 0 Å². The van der Waals surface area contributed by atoms with E-state index in [-0.39, 0.29) is 6.04 Å². The minimum absolute atomic E-state index is 0.128. The van der Waals surface area contributed by atoms with Crippen molar-refractivity contribution < 1.29 is 14.2 Å². The standard InChI is InChI=1S/C19H22N2O3S/c1-3-16(13-4-7-15(22-2)8-5-13)21-19(25)20-14-6-9-17-18(12-14)24-11-10-23-17/h4-9,12,16H,3,10-11H2,1-2H3,(H2,20,21,25)/t16-/m0/s1. The maximum Gasteiger partial charge on any atom is 0.171 e. The number of anilines is 1. The van der Waals surface area contributed by atoms with Gasteiger partial charge >= 0.3 is 0 Å². The molecule has 1 heterocycles. The molecule has 0 saturated heterocycles. The number of thiocarbonyl (C=S) groups is 1. The SMILES string of the molecule is CC[C@H](NC(=S)Nc1ccc2c(c1)OCCO2)c1ccc(OC)cc1. The van der Waals surface area contributed by atoms with E-state index in [2.05, 4.69) is 17.6 Å². The van der Waals surface area contributed by atoms with E-state index in [1.165, 1.54) is 0 Å². The summed E-state index contributed by atoms with van der Waals surface area (Å²) in [6.45, 7) is 3.27. The van der Waals surface area contributed by atoms with Gasteiger partial charge < -0.3 is 24.8 Å². The normalized spacial score (nSPS) is 13.7. The highest BCUT2D eigenvalue weighted by molar-refractivity contribution is 7.80. The van der Waals surface area contributed by atoms with Gasteiger partial charge in [-0.2, -0.15) is 0 Å². The monoisotopic (exact) mass is 358 g/mol. The minimum Gasteiger partial charge on any atom is -0.497 e. The number of methoxy groups -OCH3 is 1. The molecule has 6 heteroatoms. The molecule has 1 aliphatic heterocycles. The predicted molar refractivity (Wildman–Crippen MR) is 103 cm³/mol. The number of rotatable bonds is 5. The average molecular weight is 358 g/mol. The van der Waals surface area contributed by atoms with E-state index in [4.69, 9.17) is 26.4 Å². The maximum atomic E-state index is 5.60. The van der Waals surface area contributed by atoms with Gasteiger partial charge in [0, 0.05) is 11.8 Å². The Hall–Kier alpha value is -2.47. The molecule has 0 saturated carbocycles. The Balaban J connectivity index is 1.64. The molecule has 5 nitrogen and oxygen atoms in total. The third-order valence-electron chi connectivity index (χ3n) is 4.03. The molecule has 2 aromatic rings. The number of ether oxygens (including phenoxy) is 3. The van der Waals surface area contributed by atoms with Gasteiger partial charge in [0.05, 0.1) is 13.2 Å². The third kappa shape index (κ3) is 4.33. The molecule has 2 N–H and O–H groups in total. The van der Waals surface area contributed by atoms with Crippen LogP contribution < -0.4 is 24.8 Å². The Bertz CT molecular complexity index is 734. The van der Waals surface area contributed by atoms with Crippen molar-refractivity contribution in [2.75, 3.05) is 25.6 Å². The van der Waals surface area contributed by atoms with Gasteiger partial charge in [-0.1, -0.05) is 19.1 Å². The zero-order valence-corrected chi connectivity index (χ0v) is 15.2. The summed E-state index contributed by atoms with van der Waals surface area (Å²) in [4.78, 5) is 0. The molecule has 3 rings (SSSR count). The lowest BCUT2D eigenvalue weighted by Gasteiger charge is -2.22. The predicted octanol–water partition coefficient (Wildman–Crippen LogP) is 3.90. The van der Waals surface area contributed by atoms with Gasteiger partial charge in [0.25, 0.3) is 0 Å². The zero-order chi connectivity index (χ0) is 17.6. The van der Waals surface area contributed by atoms with Crippen LogP contribution in [-0.4, -0.2) is 25.4 Å². The van der Waals surface area contributed by atoms with E-state index in [9.17, 15) is 0 Å². The van der Waals surface area contributed by atoms with Gasteiger partial charge in [0.2, 0.25) is 0 Å². The summed E-state index contributed by atoms with van der Waals surface area (Å²) in [7, 11) is 1.66. The number of benzene rings is 2. The highest BCUT2D eigenvalue weighted by atomic mass is 32.1. The Morgan fingerprint density at radius 2 is 1.84 bits per heavy atom. The van der Waals surface area contributed by atoms with Crippen LogP contribution in [0.2, 0.25) is 0 Å². The lowest BCUT2D eigenvalue weighted by molar-refractivity contribution is 0.171. The lowest BCUT2D eigenvalue weighted by atomic mass is 10.0. The highest BCUT2D eigenvalue weighted by Gasteiger charge is 2.14. The maximum absolute atomic E-state index is 5.60. The van der Waals surface area contributed by atoms with Gasteiger partial charge in [-0.3, -0.25) is 0 Å². The summed E-state index contributed by atoms with van der Waals surface area (Å²) >= 11 is 5.46. The van der Waals surface area contributed by atoms with Crippen molar-refractivity contribution in [3.05, 3.63) is 48.0 Å². The number of hydrogen-bond donors (Lipinski definition) is 2. The van der Waals surface area contributed by atoms with Crippen LogP contribution in [0.15, 0.2) is 42.5 Å². The molecule has 0 unspecified atom stereocenters.